The molecule has 0 aliphatic heterocycles. The van der Waals surface area contributed by atoms with E-state index in [-0.39, 0.29) is 10.9 Å². The van der Waals surface area contributed by atoms with Crippen molar-refractivity contribution >= 4 is 49.1 Å². The summed E-state index contributed by atoms with van der Waals surface area (Å²) in [5.41, 5.74) is 6.39. The topological polar surface area (TPSA) is 92.7 Å². The molecule has 5 rings (SSSR count). The number of hydrogen-bond donors (Lipinski definition) is 2. The molecular weight excluding hydrogens is 446 g/mol. The highest BCUT2D eigenvalue weighted by Crippen LogP contribution is 2.31. The quantitative estimate of drug-likeness (QED) is 0.331. The number of benzene rings is 3. The summed E-state index contributed by atoms with van der Waals surface area (Å²) >= 11 is 0. The van der Waals surface area contributed by atoms with Gasteiger partial charge in [0.1, 0.15) is 5.82 Å². The van der Waals surface area contributed by atoms with Crippen LogP contribution in [0.15, 0.2) is 78.2 Å². The fraction of sp³-hybridized carbons (Fsp3) is 0.154. The third-order valence-corrected chi connectivity index (χ3v) is 7.04. The van der Waals surface area contributed by atoms with E-state index < -0.39 is 9.84 Å². The van der Waals surface area contributed by atoms with Crippen LogP contribution in [0.5, 0.6) is 0 Å². The Morgan fingerprint density at radius 3 is 2.44 bits per heavy atom. The van der Waals surface area contributed by atoms with Crippen LogP contribution in [0.25, 0.3) is 27.6 Å². The summed E-state index contributed by atoms with van der Waals surface area (Å²) in [5, 5.41) is 3.37. The number of sulfone groups is 1. The lowest BCUT2D eigenvalue weighted by molar-refractivity contribution is 0.602. The summed E-state index contributed by atoms with van der Waals surface area (Å²) in [6, 6.07) is 20.6. The predicted molar refractivity (Wildman–Crippen MR) is 137 cm³/mol. The molecule has 0 saturated carbocycles. The Labute approximate surface area is 198 Å². The maximum Gasteiger partial charge on any atom is 0.209 e. The first kappa shape index (κ1) is 21.9. The Bertz CT molecular complexity index is 1610. The minimum atomic E-state index is -3.27. The van der Waals surface area contributed by atoms with Gasteiger partial charge in [0.25, 0.3) is 0 Å². The van der Waals surface area contributed by atoms with Gasteiger partial charge in [-0.3, -0.25) is 4.57 Å². The van der Waals surface area contributed by atoms with Gasteiger partial charge in [-0.2, -0.15) is 0 Å². The van der Waals surface area contributed by atoms with Crippen LogP contribution in [0, 0.1) is 0 Å². The van der Waals surface area contributed by atoms with E-state index in [1.165, 1.54) is 6.26 Å². The number of allylic oxidation sites excluding steroid dienone is 1. The predicted octanol–water partition coefficient (Wildman–Crippen LogP) is 5.70. The van der Waals surface area contributed by atoms with E-state index in [4.69, 9.17) is 9.97 Å². The molecule has 0 saturated heterocycles. The number of aromatic nitrogens is 4. The lowest BCUT2D eigenvalue weighted by Gasteiger charge is -2.17. The number of nitrogens with one attached hydrogen (secondary N) is 2. The number of para-hydroxylation sites is 2. The molecular formula is C26H25N5O2S. The summed E-state index contributed by atoms with van der Waals surface area (Å²) in [4.78, 5) is 13.4. The fourth-order valence-electron chi connectivity index (χ4n) is 4.05. The second kappa shape index (κ2) is 8.14. The first-order valence-electron chi connectivity index (χ1n) is 10.9. The zero-order chi connectivity index (χ0) is 24.0. The number of fused-ring (bicyclic) bond motifs is 2. The average molecular weight is 472 g/mol. The molecule has 3 aromatic carbocycles. The SMILES string of the molecule is C=C(C)c1ccc2c(c1)nc(Nc1ccc(S(C)(=O)=O)cc1)n2[C@@H](C)c1nc2ccccc2[nH]1. The molecule has 8 heteroatoms. The number of aromatic amines is 1. The van der Waals surface area contributed by atoms with Crippen LogP contribution in [0.1, 0.15) is 31.3 Å². The zero-order valence-electron chi connectivity index (χ0n) is 19.2. The number of hydrogen-bond acceptors (Lipinski definition) is 5. The van der Waals surface area contributed by atoms with Crippen molar-refractivity contribution < 1.29 is 8.42 Å². The van der Waals surface area contributed by atoms with E-state index in [2.05, 4.69) is 28.4 Å². The van der Waals surface area contributed by atoms with Crippen LogP contribution in [-0.4, -0.2) is 34.2 Å². The third-order valence-electron chi connectivity index (χ3n) is 5.91. The number of H-pyrrole nitrogens is 1. The number of anilines is 2. The van der Waals surface area contributed by atoms with Crippen LogP contribution >= 0.6 is 0 Å². The molecule has 0 unspecified atom stereocenters. The van der Waals surface area contributed by atoms with Crippen molar-refractivity contribution in [1.82, 2.24) is 19.5 Å². The van der Waals surface area contributed by atoms with Gasteiger partial charge < -0.3 is 10.3 Å². The van der Waals surface area contributed by atoms with Gasteiger partial charge in [0.15, 0.2) is 9.84 Å². The minimum Gasteiger partial charge on any atom is -0.340 e. The molecule has 0 spiro atoms. The van der Waals surface area contributed by atoms with Gasteiger partial charge in [-0.25, -0.2) is 18.4 Å². The average Bonchev–Trinajstić information content (AvgIpc) is 3.39. The Morgan fingerprint density at radius 1 is 1.03 bits per heavy atom. The van der Waals surface area contributed by atoms with Gasteiger partial charge in [-0.05, 0) is 67.9 Å². The van der Waals surface area contributed by atoms with Crippen LogP contribution in [0.3, 0.4) is 0 Å². The van der Waals surface area contributed by atoms with Gasteiger partial charge in [0.05, 0.1) is 33.0 Å². The van der Waals surface area contributed by atoms with Crippen LogP contribution in [0.2, 0.25) is 0 Å². The smallest absolute Gasteiger partial charge is 0.209 e. The van der Waals surface area contributed by atoms with Crippen molar-refractivity contribution in [1.29, 1.82) is 0 Å². The van der Waals surface area contributed by atoms with Gasteiger partial charge >= 0.3 is 0 Å². The Hall–Kier alpha value is -3.91. The van der Waals surface area contributed by atoms with E-state index in [1.807, 2.05) is 49.4 Å². The van der Waals surface area contributed by atoms with Crippen LogP contribution in [-0.2, 0) is 9.84 Å². The molecule has 2 N–H and O–H groups in total. The van der Waals surface area contributed by atoms with Gasteiger partial charge in [0, 0.05) is 11.9 Å². The molecule has 0 bridgehead atoms. The second-order valence-electron chi connectivity index (χ2n) is 8.53. The summed E-state index contributed by atoms with van der Waals surface area (Å²) < 4.78 is 25.8. The lowest BCUT2D eigenvalue weighted by Crippen LogP contribution is -2.11. The maximum absolute atomic E-state index is 11.8. The summed E-state index contributed by atoms with van der Waals surface area (Å²) in [6.07, 6.45) is 1.20. The van der Waals surface area contributed by atoms with E-state index in [0.717, 1.165) is 44.7 Å². The van der Waals surface area contributed by atoms with Crippen LogP contribution in [0.4, 0.5) is 11.6 Å². The van der Waals surface area contributed by atoms with Crippen molar-refractivity contribution in [3.8, 4) is 0 Å². The van der Waals surface area contributed by atoms with Crippen LogP contribution < -0.4 is 5.32 Å². The van der Waals surface area contributed by atoms with Crippen molar-refractivity contribution in [2.45, 2.75) is 24.8 Å². The molecule has 172 valence electrons. The van der Waals surface area contributed by atoms with Crippen molar-refractivity contribution in [3.63, 3.8) is 0 Å². The molecule has 7 nitrogen and oxygen atoms in total. The summed E-state index contributed by atoms with van der Waals surface area (Å²) in [7, 11) is -3.27. The van der Waals surface area contributed by atoms with Crippen molar-refractivity contribution in [2.24, 2.45) is 0 Å². The number of rotatable bonds is 6. The second-order valence-corrected chi connectivity index (χ2v) is 10.5. The fourth-order valence-corrected chi connectivity index (χ4v) is 4.68. The minimum absolute atomic E-state index is 0.147. The molecule has 34 heavy (non-hydrogen) atoms. The Kier molecular flexibility index (Phi) is 5.25. The van der Waals surface area contributed by atoms with Crippen molar-refractivity contribution in [2.75, 3.05) is 11.6 Å². The molecule has 0 amide bonds. The van der Waals surface area contributed by atoms with E-state index in [0.29, 0.717) is 5.95 Å². The summed E-state index contributed by atoms with van der Waals surface area (Å²) in [5.74, 6) is 1.45. The Balaban J connectivity index is 1.62. The molecule has 1 atom stereocenters. The van der Waals surface area contributed by atoms with Crippen molar-refractivity contribution in [3.05, 3.63) is 84.7 Å². The lowest BCUT2D eigenvalue weighted by atomic mass is 10.1. The van der Waals surface area contributed by atoms with Gasteiger partial charge in [0.2, 0.25) is 5.95 Å². The van der Waals surface area contributed by atoms with E-state index >= 15 is 0 Å². The molecule has 2 aromatic heterocycles. The van der Waals surface area contributed by atoms with E-state index in [1.54, 1.807) is 24.3 Å². The van der Waals surface area contributed by atoms with E-state index in [9.17, 15) is 8.42 Å². The van der Waals surface area contributed by atoms with Gasteiger partial charge in [-0.15, -0.1) is 0 Å². The molecule has 0 radical (unpaired) electrons. The highest BCUT2D eigenvalue weighted by Gasteiger charge is 2.21. The van der Waals surface area contributed by atoms with Gasteiger partial charge in [-0.1, -0.05) is 30.4 Å². The normalized spacial score (nSPS) is 12.8. The number of nitrogens with zero attached hydrogens (tertiary/aromatic N) is 3. The largest absolute Gasteiger partial charge is 0.340 e. The molecule has 2 heterocycles. The monoisotopic (exact) mass is 471 g/mol. The standard InChI is InChI=1S/C26H25N5O2S/c1-16(2)18-9-14-24-23(15-18)30-26(27-19-10-12-20(13-11-19)34(4,32)33)31(24)17(3)25-28-21-7-5-6-8-22(21)29-25/h5-15,17H,1H2,2-4H3,(H,27,30)(H,28,29)/t17-/m0/s1. The molecule has 0 fully saturated rings. The Morgan fingerprint density at radius 2 is 1.76 bits per heavy atom. The molecule has 0 aliphatic rings. The maximum atomic E-state index is 11.8. The first-order valence-corrected chi connectivity index (χ1v) is 12.8. The number of imidazole rings is 2. The molecule has 0 aliphatic carbocycles. The summed E-state index contributed by atoms with van der Waals surface area (Å²) in [6.45, 7) is 8.09. The zero-order valence-corrected chi connectivity index (χ0v) is 20.0. The highest BCUT2D eigenvalue weighted by molar-refractivity contribution is 7.90. The third kappa shape index (κ3) is 3.97. The molecule has 5 aromatic rings. The highest BCUT2D eigenvalue weighted by atomic mass is 32.2. The first-order chi connectivity index (χ1) is 16.2.